The van der Waals surface area contributed by atoms with Crippen LogP contribution in [0.25, 0.3) is 10.9 Å². The Morgan fingerprint density at radius 2 is 1.96 bits per heavy atom. The van der Waals surface area contributed by atoms with Gasteiger partial charge >= 0.3 is 5.97 Å². The summed E-state index contributed by atoms with van der Waals surface area (Å²) in [5, 5.41) is 10.5. The zero-order valence-electron chi connectivity index (χ0n) is 16.2. The van der Waals surface area contributed by atoms with Gasteiger partial charge in [-0.3, -0.25) is 4.79 Å². The summed E-state index contributed by atoms with van der Waals surface area (Å²) in [5.74, 6) is 0.638. The number of aryl methyl sites for hydroxylation is 2. The molecule has 1 heterocycles. The van der Waals surface area contributed by atoms with Crippen LogP contribution in [-0.2, 0) is 23.0 Å². The Morgan fingerprint density at radius 1 is 1.22 bits per heavy atom. The monoisotopic (exact) mass is 386 g/mol. The minimum atomic E-state index is -0.151. The Balaban J connectivity index is 2.01. The number of esters is 1. The lowest BCUT2D eigenvalue weighted by atomic mass is 10.0. The molecule has 0 radical (unpaired) electrons. The zero-order valence-corrected chi connectivity index (χ0v) is 17.0. The number of hydrogen-bond donors (Lipinski definition) is 0. The normalized spacial score (nSPS) is 10.6. The van der Waals surface area contributed by atoms with E-state index in [0.29, 0.717) is 29.8 Å². The fourth-order valence-corrected chi connectivity index (χ4v) is 3.28. The average molecular weight is 387 g/mol. The Labute approximate surface area is 165 Å². The maximum atomic E-state index is 11.1. The van der Waals surface area contributed by atoms with Gasteiger partial charge in [-0.05, 0) is 43.4 Å². The summed E-state index contributed by atoms with van der Waals surface area (Å²) in [4.78, 5) is 11.1. The Kier molecular flexibility index (Phi) is 7.81. The molecule has 2 aromatic rings. The van der Waals surface area contributed by atoms with Crippen molar-refractivity contribution < 1.29 is 14.3 Å². The van der Waals surface area contributed by atoms with E-state index in [1.165, 1.54) is 0 Å². The van der Waals surface area contributed by atoms with Crippen molar-refractivity contribution in [2.75, 3.05) is 13.2 Å². The summed E-state index contributed by atoms with van der Waals surface area (Å²) in [5.41, 5.74) is 2.54. The van der Waals surface area contributed by atoms with Gasteiger partial charge in [0.1, 0.15) is 16.5 Å². The molecule has 0 saturated carbocycles. The number of carbonyl (C=O) groups excluding carboxylic acids is 1. The number of rotatable bonds is 9. The molecule has 0 fully saturated rings. The lowest BCUT2D eigenvalue weighted by molar-refractivity contribution is -0.143. The molecule has 2 rings (SSSR count). The molecule has 6 heteroatoms. The van der Waals surface area contributed by atoms with E-state index in [9.17, 15) is 10.1 Å². The van der Waals surface area contributed by atoms with Gasteiger partial charge in [0.05, 0.1) is 24.3 Å². The summed E-state index contributed by atoms with van der Waals surface area (Å²) in [7, 11) is 1.88. The van der Waals surface area contributed by atoms with E-state index in [2.05, 4.69) is 6.07 Å². The number of ether oxygens (including phenoxy) is 2. The van der Waals surface area contributed by atoms with Gasteiger partial charge in [0, 0.05) is 24.9 Å². The fraction of sp³-hybridized carbons (Fsp3) is 0.476. The summed E-state index contributed by atoms with van der Waals surface area (Å²) < 4.78 is 13.4. The van der Waals surface area contributed by atoms with Crippen molar-refractivity contribution in [1.29, 1.82) is 5.26 Å². The lowest BCUT2D eigenvalue weighted by Gasteiger charge is -2.14. The van der Waals surface area contributed by atoms with Crippen LogP contribution in [0.4, 0.5) is 0 Å². The smallest absolute Gasteiger partial charge is 0.305 e. The van der Waals surface area contributed by atoms with Gasteiger partial charge in [0.15, 0.2) is 0 Å². The Hall–Kier alpha value is -2.39. The van der Waals surface area contributed by atoms with Crippen LogP contribution >= 0.6 is 12.2 Å². The van der Waals surface area contributed by atoms with Crippen LogP contribution in [-0.4, -0.2) is 23.8 Å². The Bertz CT molecular complexity index is 912. The number of pyridine rings is 1. The van der Waals surface area contributed by atoms with E-state index >= 15 is 0 Å². The van der Waals surface area contributed by atoms with E-state index in [0.717, 1.165) is 47.9 Å². The first-order valence-corrected chi connectivity index (χ1v) is 9.78. The molecule has 0 amide bonds. The summed E-state index contributed by atoms with van der Waals surface area (Å²) >= 11 is 5.45. The van der Waals surface area contributed by atoms with Gasteiger partial charge in [0.25, 0.3) is 0 Å². The van der Waals surface area contributed by atoms with Crippen molar-refractivity contribution in [3.63, 3.8) is 0 Å². The molecule has 0 atom stereocenters. The third kappa shape index (κ3) is 5.08. The van der Waals surface area contributed by atoms with Gasteiger partial charge < -0.3 is 14.0 Å². The first kappa shape index (κ1) is 20.9. The summed E-state index contributed by atoms with van der Waals surface area (Å²) in [6.07, 6.45) is 3.86. The van der Waals surface area contributed by atoms with Crippen molar-refractivity contribution in [3.05, 3.63) is 34.0 Å². The Morgan fingerprint density at radius 3 is 2.63 bits per heavy atom. The van der Waals surface area contributed by atoms with E-state index in [-0.39, 0.29) is 5.97 Å². The predicted molar refractivity (Wildman–Crippen MR) is 108 cm³/mol. The molecule has 0 aliphatic rings. The van der Waals surface area contributed by atoms with Crippen LogP contribution in [0.5, 0.6) is 5.75 Å². The first-order valence-electron chi connectivity index (χ1n) is 9.37. The largest absolute Gasteiger partial charge is 0.494 e. The number of nitriles is 1. The number of benzene rings is 1. The quantitative estimate of drug-likeness (QED) is 0.350. The molecule has 144 valence electrons. The summed E-state index contributed by atoms with van der Waals surface area (Å²) in [6.45, 7) is 4.90. The van der Waals surface area contributed by atoms with Crippen molar-refractivity contribution in [2.45, 2.75) is 46.0 Å². The highest BCUT2D eigenvalue weighted by Crippen LogP contribution is 2.27. The van der Waals surface area contributed by atoms with Gasteiger partial charge in [0.2, 0.25) is 0 Å². The highest BCUT2D eigenvalue weighted by molar-refractivity contribution is 7.71. The number of fused-ring (bicyclic) bond motifs is 1. The van der Waals surface area contributed by atoms with E-state index in [4.69, 9.17) is 21.7 Å². The molecule has 0 aliphatic heterocycles. The first-order chi connectivity index (χ1) is 13.0. The third-order valence-electron chi connectivity index (χ3n) is 4.55. The van der Waals surface area contributed by atoms with Crippen molar-refractivity contribution in [2.24, 2.45) is 7.05 Å². The maximum absolute atomic E-state index is 11.1. The van der Waals surface area contributed by atoms with Crippen LogP contribution in [0.1, 0.15) is 50.7 Å². The molecule has 1 aromatic heterocycles. The number of hydrogen-bond acceptors (Lipinski definition) is 5. The van der Waals surface area contributed by atoms with Crippen molar-refractivity contribution >= 4 is 29.1 Å². The van der Waals surface area contributed by atoms with E-state index < -0.39 is 0 Å². The third-order valence-corrected chi connectivity index (χ3v) is 5.03. The van der Waals surface area contributed by atoms with Crippen LogP contribution in [0.3, 0.4) is 0 Å². The molecule has 27 heavy (non-hydrogen) atoms. The van der Waals surface area contributed by atoms with E-state index in [1.807, 2.05) is 36.7 Å². The van der Waals surface area contributed by atoms with Gasteiger partial charge in [-0.25, -0.2) is 0 Å². The maximum Gasteiger partial charge on any atom is 0.305 e. The van der Waals surface area contributed by atoms with Gasteiger partial charge in [-0.15, -0.1) is 0 Å². The SMILES string of the molecule is CCC(=O)OCCCCCOc1ccc2c(CC)c(C#N)c(=S)n(C)c2c1. The van der Waals surface area contributed by atoms with Crippen LogP contribution in [0.15, 0.2) is 18.2 Å². The molecule has 5 nitrogen and oxygen atoms in total. The van der Waals surface area contributed by atoms with Gasteiger partial charge in [-0.1, -0.05) is 26.1 Å². The molecule has 0 bridgehead atoms. The molecule has 0 saturated heterocycles. The minimum Gasteiger partial charge on any atom is -0.494 e. The lowest BCUT2D eigenvalue weighted by Crippen LogP contribution is -2.05. The fourth-order valence-electron chi connectivity index (χ4n) is 3.02. The molecule has 0 aliphatic carbocycles. The van der Waals surface area contributed by atoms with Crippen LogP contribution < -0.4 is 4.74 Å². The highest BCUT2D eigenvalue weighted by Gasteiger charge is 2.12. The molecular formula is C21H26N2O3S. The number of nitrogens with zero attached hydrogens (tertiary/aromatic N) is 2. The number of carbonyl (C=O) groups is 1. The minimum absolute atomic E-state index is 0.151. The standard InChI is InChI=1S/C21H26N2O3S/c1-4-16-17-10-9-15(13-19(17)23(3)21(27)18(16)14-22)25-11-7-6-8-12-26-20(24)5-2/h9-10,13H,4-8,11-12H2,1-3H3. The van der Waals surface area contributed by atoms with Crippen molar-refractivity contribution in [1.82, 2.24) is 4.57 Å². The summed E-state index contributed by atoms with van der Waals surface area (Å²) in [6, 6.07) is 8.17. The molecular weight excluding hydrogens is 360 g/mol. The predicted octanol–water partition coefficient (Wildman–Crippen LogP) is 4.84. The zero-order chi connectivity index (χ0) is 19.8. The van der Waals surface area contributed by atoms with Gasteiger partial charge in [-0.2, -0.15) is 5.26 Å². The second kappa shape index (κ2) is 10.1. The molecule has 0 N–H and O–H groups in total. The molecule has 1 aromatic carbocycles. The molecule has 0 unspecified atom stereocenters. The van der Waals surface area contributed by atoms with E-state index in [1.54, 1.807) is 6.92 Å². The topological polar surface area (TPSA) is 64.2 Å². The average Bonchev–Trinajstić information content (AvgIpc) is 2.69. The number of aromatic nitrogens is 1. The van der Waals surface area contributed by atoms with Crippen LogP contribution in [0, 0.1) is 16.0 Å². The second-order valence-electron chi connectivity index (χ2n) is 6.35. The second-order valence-corrected chi connectivity index (χ2v) is 6.73. The van der Waals surface area contributed by atoms with Crippen molar-refractivity contribution in [3.8, 4) is 11.8 Å². The highest BCUT2D eigenvalue weighted by atomic mass is 32.1. The van der Waals surface area contributed by atoms with Crippen LogP contribution in [0.2, 0.25) is 0 Å². The number of unbranched alkanes of at least 4 members (excludes halogenated alkanes) is 2. The molecule has 0 spiro atoms.